The molecule has 8 nitrogen and oxygen atoms in total. The first-order chi connectivity index (χ1) is 13.5. The number of carbonyl (C=O) groups excluding carboxylic acids is 1. The molecule has 8 heteroatoms. The van der Waals surface area contributed by atoms with E-state index in [1.807, 2.05) is 6.20 Å². The fraction of sp³-hybridized carbons (Fsp3) is 0.500. The molecular weight excluding hydrogens is 356 g/mol. The minimum atomic E-state index is -0.349. The molecule has 1 saturated heterocycles. The number of nitrogens with zero attached hydrogens (tertiary/aromatic N) is 5. The molecule has 0 radical (unpaired) electrons. The third-order valence-corrected chi connectivity index (χ3v) is 5.49. The Morgan fingerprint density at radius 3 is 2.93 bits per heavy atom. The number of anilines is 2. The fourth-order valence-corrected chi connectivity index (χ4v) is 3.67. The highest BCUT2D eigenvalue weighted by atomic mass is 16.5. The number of esters is 1. The van der Waals surface area contributed by atoms with E-state index in [1.54, 1.807) is 17.1 Å². The number of nitrogens with one attached hydrogen (secondary N) is 1. The van der Waals surface area contributed by atoms with Crippen LogP contribution in [0.15, 0.2) is 30.9 Å². The van der Waals surface area contributed by atoms with Crippen LogP contribution in [0.2, 0.25) is 0 Å². The maximum Gasteiger partial charge on any atom is 0.331 e. The van der Waals surface area contributed by atoms with E-state index in [0.29, 0.717) is 30.8 Å². The molecule has 4 rings (SSSR count). The van der Waals surface area contributed by atoms with Gasteiger partial charge < -0.3 is 14.6 Å². The third kappa shape index (κ3) is 3.58. The molecule has 1 fully saturated rings. The Labute approximate surface area is 163 Å². The van der Waals surface area contributed by atoms with Gasteiger partial charge in [-0.2, -0.15) is 10.1 Å². The van der Waals surface area contributed by atoms with Crippen LogP contribution in [0, 0.1) is 11.8 Å². The van der Waals surface area contributed by atoms with E-state index < -0.39 is 0 Å². The highest BCUT2D eigenvalue weighted by Gasteiger charge is 2.28. The van der Waals surface area contributed by atoms with Crippen molar-refractivity contribution in [2.24, 2.45) is 11.8 Å². The molecule has 0 aromatic carbocycles. The number of hydrogen-bond donors (Lipinski definition) is 1. The van der Waals surface area contributed by atoms with Crippen LogP contribution < -0.4 is 5.32 Å². The summed E-state index contributed by atoms with van der Waals surface area (Å²) < 4.78 is 8.84. The van der Waals surface area contributed by atoms with Crippen LogP contribution in [0.5, 0.6) is 0 Å². The van der Waals surface area contributed by atoms with Gasteiger partial charge in [0.05, 0.1) is 18.5 Å². The van der Waals surface area contributed by atoms with Crippen molar-refractivity contribution >= 4 is 28.6 Å². The molecule has 2 atom stereocenters. The van der Waals surface area contributed by atoms with Gasteiger partial charge in [0.1, 0.15) is 5.65 Å². The number of cyclic esters (lactones) is 1. The van der Waals surface area contributed by atoms with Crippen LogP contribution in [0.1, 0.15) is 39.7 Å². The van der Waals surface area contributed by atoms with Crippen molar-refractivity contribution in [2.75, 3.05) is 11.9 Å². The molecule has 0 bridgehead atoms. The van der Waals surface area contributed by atoms with E-state index >= 15 is 0 Å². The first-order valence-corrected chi connectivity index (χ1v) is 9.85. The van der Waals surface area contributed by atoms with E-state index in [2.05, 4.69) is 53.0 Å². The lowest BCUT2D eigenvalue weighted by atomic mass is 9.93. The summed E-state index contributed by atoms with van der Waals surface area (Å²) in [6, 6.07) is 1.70. The van der Waals surface area contributed by atoms with E-state index in [9.17, 15) is 4.79 Å². The number of ether oxygens (including phenoxy) is 1. The van der Waals surface area contributed by atoms with Gasteiger partial charge in [0, 0.05) is 36.9 Å². The van der Waals surface area contributed by atoms with Crippen molar-refractivity contribution in [1.82, 2.24) is 24.3 Å². The number of fused-ring (bicyclic) bond motifs is 1. The predicted octanol–water partition coefficient (Wildman–Crippen LogP) is 3.54. The Balaban J connectivity index is 1.54. The van der Waals surface area contributed by atoms with E-state index in [1.165, 1.54) is 0 Å². The van der Waals surface area contributed by atoms with Gasteiger partial charge in [0.25, 0.3) is 0 Å². The van der Waals surface area contributed by atoms with Crippen LogP contribution in [-0.4, -0.2) is 36.9 Å². The minimum absolute atomic E-state index is 0.235. The number of hydrogen-bond acceptors (Lipinski definition) is 6. The van der Waals surface area contributed by atoms with Gasteiger partial charge >= 0.3 is 5.97 Å². The molecule has 3 aromatic rings. The van der Waals surface area contributed by atoms with Crippen molar-refractivity contribution in [3.8, 4) is 0 Å². The average molecular weight is 382 g/mol. The summed E-state index contributed by atoms with van der Waals surface area (Å²) in [4.78, 5) is 20.8. The molecule has 0 aliphatic carbocycles. The first-order valence-electron chi connectivity index (χ1n) is 9.85. The van der Waals surface area contributed by atoms with Crippen LogP contribution in [0.4, 0.5) is 11.6 Å². The Kier molecular flexibility index (Phi) is 5.02. The van der Waals surface area contributed by atoms with Crippen molar-refractivity contribution in [2.45, 2.75) is 46.2 Å². The lowest BCUT2D eigenvalue weighted by molar-refractivity contribution is -0.140. The minimum Gasteiger partial charge on any atom is -0.464 e. The Hall–Kier alpha value is -2.90. The number of carbonyl (C=O) groups is 1. The molecule has 0 spiro atoms. The quantitative estimate of drug-likeness (QED) is 0.629. The molecule has 28 heavy (non-hydrogen) atoms. The maximum absolute atomic E-state index is 11.7. The highest BCUT2D eigenvalue weighted by Crippen LogP contribution is 2.24. The molecule has 3 aromatic heterocycles. The molecule has 148 valence electrons. The normalized spacial score (nSPS) is 18.0. The average Bonchev–Trinajstić information content (AvgIpc) is 3.39. The predicted molar refractivity (Wildman–Crippen MR) is 106 cm³/mol. The van der Waals surface area contributed by atoms with Crippen molar-refractivity contribution in [1.29, 1.82) is 0 Å². The van der Waals surface area contributed by atoms with Gasteiger partial charge in [-0.3, -0.25) is 4.68 Å². The Morgan fingerprint density at radius 1 is 1.36 bits per heavy atom. The summed E-state index contributed by atoms with van der Waals surface area (Å²) in [6.07, 6.45) is 9.15. The lowest BCUT2D eigenvalue weighted by Crippen LogP contribution is -2.15. The van der Waals surface area contributed by atoms with Crippen molar-refractivity contribution < 1.29 is 9.53 Å². The van der Waals surface area contributed by atoms with Gasteiger partial charge in [0.15, 0.2) is 6.04 Å². The highest BCUT2D eigenvalue weighted by molar-refractivity contribution is 5.77. The summed E-state index contributed by atoms with van der Waals surface area (Å²) in [7, 11) is 0. The second kappa shape index (κ2) is 7.61. The van der Waals surface area contributed by atoms with E-state index in [0.717, 1.165) is 29.7 Å². The summed E-state index contributed by atoms with van der Waals surface area (Å²) in [5.41, 5.74) is 1.66. The second-order valence-electron chi connectivity index (χ2n) is 7.66. The summed E-state index contributed by atoms with van der Waals surface area (Å²) in [5, 5.41) is 8.49. The molecule has 1 unspecified atom stereocenters. The summed E-state index contributed by atoms with van der Waals surface area (Å²) in [5.74, 6) is 1.50. The second-order valence-corrected chi connectivity index (χ2v) is 7.66. The van der Waals surface area contributed by atoms with E-state index in [-0.39, 0.29) is 12.0 Å². The number of aromatic nitrogens is 5. The van der Waals surface area contributed by atoms with Crippen molar-refractivity contribution in [3.05, 3.63) is 30.9 Å². The zero-order valence-electron chi connectivity index (χ0n) is 16.5. The molecular formula is C20H26N6O2. The molecule has 1 aliphatic rings. The topological polar surface area (TPSA) is 86.9 Å². The summed E-state index contributed by atoms with van der Waals surface area (Å²) >= 11 is 0. The fourth-order valence-electron chi connectivity index (χ4n) is 3.67. The zero-order valence-corrected chi connectivity index (χ0v) is 16.5. The molecule has 4 heterocycles. The van der Waals surface area contributed by atoms with Gasteiger partial charge in [-0.1, -0.05) is 27.2 Å². The van der Waals surface area contributed by atoms with E-state index in [4.69, 9.17) is 9.72 Å². The molecule has 1 N–H and O–H groups in total. The largest absolute Gasteiger partial charge is 0.464 e. The molecule has 1 aliphatic heterocycles. The standard InChI is InChI=1S/C20H26N6O2/c1-4-14(13(2)3)11-25-7-5-15-9-21-20(24-18(15)25)23-16-10-22-26(12-16)17-6-8-28-19(17)27/h5,7,9-10,12-14,17H,4,6,8,11H2,1-3H3,(H,21,23,24)/t14?,17-/m1/s1. The monoisotopic (exact) mass is 382 g/mol. The van der Waals surface area contributed by atoms with Crippen molar-refractivity contribution in [3.63, 3.8) is 0 Å². The SMILES string of the molecule is CCC(Cn1ccc2cnc(Nc3cnn([C@@H]4CCOC4=O)c3)nc21)C(C)C. The van der Waals surface area contributed by atoms with Gasteiger partial charge in [-0.15, -0.1) is 0 Å². The van der Waals surface area contributed by atoms with Crippen LogP contribution in [0.3, 0.4) is 0 Å². The van der Waals surface area contributed by atoms with Crippen LogP contribution >= 0.6 is 0 Å². The van der Waals surface area contributed by atoms with Crippen LogP contribution in [-0.2, 0) is 16.1 Å². The molecule has 0 saturated carbocycles. The molecule has 0 amide bonds. The smallest absolute Gasteiger partial charge is 0.331 e. The Morgan fingerprint density at radius 2 is 2.21 bits per heavy atom. The van der Waals surface area contributed by atoms with Gasteiger partial charge in [0.2, 0.25) is 5.95 Å². The van der Waals surface area contributed by atoms with Gasteiger partial charge in [-0.25, -0.2) is 9.78 Å². The van der Waals surface area contributed by atoms with Gasteiger partial charge in [-0.05, 0) is 17.9 Å². The maximum atomic E-state index is 11.7. The lowest BCUT2D eigenvalue weighted by Gasteiger charge is -2.20. The third-order valence-electron chi connectivity index (χ3n) is 5.49. The zero-order chi connectivity index (χ0) is 19.7. The Bertz CT molecular complexity index is 976. The summed E-state index contributed by atoms with van der Waals surface area (Å²) in [6.45, 7) is 8.14. The first kappa shape index (κ1) is 18.5. The number of rotatable bonds is 7. The van der Waals surface area contributed by atoms with Crippen LogP contribution in [0.25, 0.3) is 11.0 Å².